The van der Waals surface area contributed by atoms with Crippen LogP contribution in [0.15, 0.2) is 29.2 Å². The normalized spacial score (nSPS) is 12.9. The molecule has 114 valence electrons. The van der Waals surface area contributed by atoms with E-state index < -0.39 is 25.3 Å². The molecule has 0 heterocycles. The fraction of sp³-hybridized carbons (Fsp3) is 0.500. The third kappa shape index (κ3) is 4.46. The summed E-state index contributed by atoms with van der Waals surface area (Å²) < 4.78 is 52.0. The Morgan fingerprint density at radius 3 is 1.80 bits per heavy atom. The molecule has 6 nitrogen and oxygen atoms in total. The van der Waals surface area contributed by atoms with Gasteiger partial charge in [-0.2, -0.15) is 0 Å². The molecule has 0 fully saturated rings. The minimum atomic E-state index is -3.56. The second kappa shape index (κ2) is 6.11. The van der Waals surface area contributed by atoms with Crippen LogP contribution >= 0.6 is 0 Å². The molecule has 0 aliphatic heterocycles. The summed E-state index contributed by atoms with van der Waals surface area (Å²) in [7, 11) is -7.00. The molecule has 8 heteroatoms. The first-order valence-electron chi connectivity index (χ1n) is 6.18. The van der Waals surface area contributed by atoms with E-state index in [4.69, 9.17) is 0 Å². The largest absolute Gasteiger partial charge is 0.283 e. The molecule has 1 aromatic rings. The summed E-state index contributed by atoms with van der Waals surface area (Å²) in [5.41, 5.74) is 0.335. The number of sulfonamides is 2. The van der Waals surface area contributed by atoms with Gasteiger partial charge in [-0.15, -0.1) is 0 Å². The van der Waals surface area contributed by atoms with Crippen molar-refractivity contribution in [3.63, 3.8) is 0 Å². The van der Waals surface area contributed by atoms with Crippen LogP contribution in [-0.4, -0.2) is 28.1 Å². The molecule has 0 atom stereocenters. The van der Waals surface area contributed by atoms with Gasteiger partial charge in [-0.1, -0.05) is 0 Å². The van der Waals surface area contributed by atoms with Gasteiger partial charge >= 0.3 is 0 Å². The standard InChI is InChI=1S/C12H20N2O4S2/c1-9(2)13-20(17,18)12-7-5-11(6-8-12)14-19(15,16)10(3)4/h5-10,13-14H,1-4H3. The molecule has 0 spiro atoms. The number of hydrogen-bond donors (Lipinski definition) is 2. The van der Waals surface area contributed by atoms with Crippen molar-refractivity contribution in [2.45, 2.75) is 43.9 Å². The zero-order valence-corrected chi connectivity index (χ0v) is 13.5. The molecular weight excluding hydrogens is 300 g/mol. The summed E-state index contributed by atoms with van der Waals surface area (Å²) in [4.78, 5) is 0.0960. The summed E-state index contributed by atoms with van der Waals surface area (Å²) in [6.45, 7) is 6.58. The lowest BCUT2D eigenvalue weighted by Crippen LogP contribution is -2.30. The zero-order chi connectivity index (χ0) is 15.6. The highest BCUT2D eigenvalue weighted by Gasteiger charge is 2.17. The Kier molecular flexibility index (Phi) is 5.17. The predicted molar refractivity (Wildman–Crippen MR) is 79.6 cm³/mol. The monoisotopic (exact) mass is 320 g/mol. The van der Waals surface area contributed by atoms with Crippen LogP contribution in [0.3, 0.4) is 0 Å². The predicted octanol–water partition coefficient (Wildman–Crippen LogP) is 1.52. The Balaban J connectivity index is 2.96. The highest BCUT2D eigenvalue weighted by Crippen LogP contribution is 2.16. The maximum absolute atomic E-state index is 11.9. The van der Waals surface area contributed by atoms with Gasteiger partial charge in [0.15, 0.2) is 0 Å². The van der Waals surface area contributed by atoms with E-state index in [1.165, 1.54) is 24.3 Å². The first-order chi connectivity index (χ1) is 9.04. The van der Waals surface area contributed by atoms with Gasteiger partial charge in [-0.05, 0) is 52.0 Å². The summed E-state index contributed by atoms with van der Waals surface area (Å²) >= 11 is 0. The molecule has 1 aromatic carbocycles. The molecule has 0 radical (unpaired) electrons. The molecule has 0 saturated heterocycles. The van der Waals surface area contributed by atoms with E-state index in [9.17, 15) is 16.8 Å². The number of nitrogens with one attached hydrogen (secondary N) is 2. The molecule has 20 heavy (non-hydrogen) atoms. The smallest absolute Gasteiger partial charge is 0.240 e. The van der Waals surface area contributed by atoms with Crippen LogP contribution in [0.2, 0.25) is 0 Å². The van der Waals surface area contributed by atoms with Crippen LogP contribution in [0.5, 0.6) is 0 Å². The SMILES string of the molecule is CC(C)NS(=O)(=O)c1ccc(NS(=O)(=O)C(C)C)cc1. The highest BCUT2D eigenvalue weighted by molar-refractivity contribution is 7.93. The maximum atomic E-state index is 11.9. The van der Waals surface area contributed by atoms with Crippen molar-refractivity contribution in [2.24, 2.45) is 0 Å². The quantitative estimate of drug-likeness (QED) is 0.831. The lowest BCUT2D eigenvalue weighted by molar-refractivity contribution is 0.570. The van der Waals surface area contributed by atoms with Crippen molar-refractivity contribution in [2.75, 3.05) is 4.72 Å². The number of benzene rings is 1. The van der Waals surface area contributed by atoms with E-state index in [1.807, 2.05) is 0 Å². The Morgan fingerprint density at radius 2 is 1.40 bits per heavy atom. The van der Waals surface area contributed by atoms with E-state index in [2.05, 4.69) is 9.44 Å². The number of rotatable bonds is 6. The Labute approximate surface area is 120 Å². The summed E-state index contributed by atoms with van der Waals surface area (Å²) in [5.74, 6) is 0. The summed E-state index contributed by atoms with van der Waals surface area (Å²) in [6, 6.07) is 5.37. The minimum Gasteiger partial charge on any atom is -0.283 e. The zero-order valence-electron chi connectivity index (χ0n) is 11.9. The lowest BCUT2D eigenvalue weighted by atomic mass is 10.3. The third-order valence-electron chi connectivity index (χ3n) is 2.44. The topological polar surface area (TPSA) is 92.3 Å². The van der Waals surface area contributed by atoms with Gasteiger partial charge < -0.3 is 0 Å². The molecule has 0 aliphatic rings. The van der Waals surface area contributed by atoms with Crippen LogP contribution < -0.4 is 9.44 Å². The van der Waals surface area contributed by atoms with Crippen LogP contribution in [-0.2, 0) is 20.0 Å². The van der Waals surface area contributed by atoms with Gasteiger partial charge in [0.05, 0.1) is 10.1 Å². The van der Waals surface area contributed by atoms with Gasteiger partial charge in [0.1, 0.15) is 0 Å². The molecule has 0 saturated carbocycles. The van der Waals surface area contributed by atoms with Gasteiger partial charge in [0, 0.05) is 11.7 Å². The van der Waals surface area contributed by atoms with E-state index >= 15 is 0 Å². The molecule has 1 rings (SSSR count). The molecule has 0 bridgehead atoms. The van der Waals surface area contributed by atoms with Crippen molar-refractivity contribution in [3.05, 3.63) is 24.3 Å². The number of hydrogen-bond acceptors (Lipinski definition) is 4. The average Bonchev–Trinajstić information content (AvgIpc) is 2.27. The summed E-state index contributed by atoms with van der Waals surface area (Å²) in [6.07, 6.45) is 0. The van der Waals surface area contributed by atoms with Gasteiger partial charge in [-0.25, -0.2) is 21.6 Å². The fourth-order valence-corrected chi connectivity index (χ4v) is 3.31. The van der Waals surface area contributed by atoms with Crippen LogP contribution in [0.1, 0.15) is 27.7 Å². The second-order valence-electron chi connectivity index (χ2n) is 5.00. The van der Waals surface area contributed by atoms with Gasteiger partial charge in [0.2, 0.25) is 20.0 Å². The Morgan fingerprint density at radius 1 is 0.900 bits per heavy atom. The van der Waals surface area contributed by atoms with Crippen LogP contribution in [0.4, 0.5) is 5.69 Å². The third-order valence-corrected chi connectivity index (χ3v) is 5.87. The highest BCUT2D eigenvalue weighted by atomic mass is 32.2. The van der Waals surface area contributed by atoms with Crippen LogP contribution in [0.25, 0.3) is 0 Å². The van der Waals surface area contributed by atoms with E-state index in [0.29, 0.717) is 5.69 Å². The fourth-order valence-electron chi connectivity index (χ4n) is 1.36. The molecule has 0 unspecified atom stereocenters. The number of anilines is 1. The molecule has 0 aromatic heterocycles. The molecule has 2 N–H and O–H groups in total. The van der Waals surface area contributed by atoms with Crippen molar-refractivity contribution in [3.8, 4) is 0 Å². The van der Waals surface area contributed by atoms with Crippen molar-refractivity contribution >= 4 is 25.7 Å². The van der Waals surface area contributed by atoms with Gasteiger partial charge in [0.25, 0.3) is 0 Å². The van der Waals surface area contributed by atoms with Crippen molar-refractivity contribution in [1.29, 1.82) is 0 Å². The van der Waals surface area contributed by atoms with E-state index in [0.717, 1.165) is 0 Å². The molecule has 0 amide bonds. The maximum Gasteiger partial charge on any atom is 0.240 e. The average molecular weight is 320 g/mol. The van der Waals surface area contributed by atoms with Crippen molar-refractivity contribution < 1.29 is 16.8 Å². The summed E-state index contributed by atoms with van der Waals surface area (Å²) in [5, 5.41) is -0.562. The lowest BCUT2D eigenvalue weighted by Gasteiger charge is -2.12. The van der Waals surface area contributed by atoms with Crippen LogP contribution in [0, 0.1) is 0 Å². The Bertz CT molecular complexity index is 647. The molecule has 0 aliphatic carbocycles. The molecular formula is C12H20N2O4S2. The van der Waals surface area contributed by atoms with Crippen molar-refractivity contribution in [1.82, 2.24) is 4.72 Å². The van der Waals surface area contributed by atoms with E-state index in [-0.39, 0.29) is 10.9 Å². The van der Waals surface area contributed by atoms with Gasteiger partial charge in [-0.3, -0.25) is 4.72 Å². The first-order valence-corrected chi connectivity index (χ1v) is 9.21. The minimum absolute atomic E-state index is 0.0960. The second-order valence-corrected chi connectivity index (χ2v) is 8.95. The van der Waals surface area contributed by atoms with E-state index in [1.54, 1.807) is 27.7 Å². The Hall–Kier alpha value is -1.12. The first kappa shape index (κ1) is 16.9.